The average molecular weight is 469 g/mol. The maximum Gasteiger partial charge on any atom is 0.339 e. The highest BCUT2D eigenvalue weighted by atomic mass is 32.2. The molecule has 1 heterocycles. The number of esters is 2. The zero-order valence-electron chi connectivity index (χ0n) is 18.5. The second-order valence-corrected chi connectivity index (χ2v) is 9.15. The third-order valence-electron chi connectivity index (χ3n) is 4.97. The number of sulfonamides is 1. The Labute approximate surface area is 192 Å². The summed E-state index contributed by atoms with van der Waals surface area (Å²) in [6.45, 7) is 0.950. The number of ether oxygens (including phenoxy) is 2. The van der Waals surface area contributed by atoms with Crippen molar-refractivity contribution in [3.8, 4) is 11.3 Å². The summed E-state index contributed by atoms with van der Waals surface area (Å²) in [4.78, 5) is 29.0. The Morgan fingerprint density at radius 1 is 0.909 bits per heavy atom. The second kappa shape index (κ2) is 10.4. The Balaban J connectivity index is 2.09. The number of carbonyl (C=O) groups is 2. The van der Waals surface area contributed by atoms with Gasteiger partial charge in [-0.3, -0.25) is 9.78 Å². The Morgan fingerprint density at radius 3 is 2.18 bits per heavy atom. The summed E-state index contributed by atoms with van der Waals surface area (Å²) in [5, 5.41) is 0. The fraction of sp³-hybridized carbons (Fsp3) is 0.208. The zero-order chi connectivity index (χ0) is 24.0. The van der Waals surface area contributed by atoms with E-state index in [0.29, 0.717) is 5.69 Å². The summed E-state index contributed by atoms with van der Waals surface area (Å²) < 4.78 is 37.3. The van der Waals surface area contributed by atoms with Gasteiger partial charge in [-0.25, -0.2) is 13.2 Å². The van der Waals surface area contributed by atoms with Crippen molar-refractivity contribution >= 4 is 22.0 Å². The molecule has 9 heteroatoms. The summed E-state index contributed by atoms with van der Waals surface area (Å²) in [5.74, 6) is -1.41. The fourth-order valence-corrected chi connectivity index (χ4v) is 4.49. The SMILES string of the molecule is COC(=O)CN(Cc1nc(-c2ccccc2)ccc1C(=O)OC)S(=O)(=O)c1ccc(C)cc1. The van der Waals surface area contributed by atoms with Crippen molar-refractivity contribution in [1.29, 1.82) is 0 Å². The summed E-state index contributed by atoms with van der Waals surface area (Å²) in [6.07, 6.45) is 0. The molecule has 3 aromatic rings. The number of methoxy groups -OCH3 is 2. The Kier molecular flexibility index (Phi) is 7.57. The topological polar surface area (TPSA) is 103 Å². The van der Waals surface area contributed by atoms with Crippen molar-refractivity contribution in [3.05, 3.63) is 83.6 Å². The van der Waals surface area contributed by atoms with Crippen LogP contribution < -0.4 is 0 Å². The number of benzene rings is 2. The third-order valence-corrected chi connectivity index (χ3v) is 6.77. The van der Waals surface area contributed by atoms with E-state index in [2.05, 4.69) is 4.98 Å². The number of rotatable bonds is 8. The molecule has 172 valence electrons. The summed E-state index contributed by atoms with van der Waals surface area (Å²) in [5.41, 5.74) is 2.48. The lowest BCUT2D eigenvalue weighted by Gasteiger charge is -2.22. The van der Waals surface area contributed by atoms with Crippen LogP contribution in [0.2, 0.25) is 0 Å². The van der Waals surface area contributed by atoms with Gasteiger partial charge in [-0.1, -0.05) is 48.0 Å². The highest BCUT2D eigenvalue weighted by Crippen LogP contribution is 2.24. The van der Waals surface area contributed by atoms with Crippen LogP contribution >= 0.6 is 0 Å². The van der Waals surface area contributed by atoms with Crippen molar-refractivity contribution in [2.24, 2.45) is 0 Å². The van der Waals surface area contributed by atoms with Gasteiger partial charge < -0.3 is 9.47 Å². The third kappa shape index (κ3) is 5.63. The van der Waals surface area contributed by atoms with Gasteiger partial charge in [0.2, 0.25) is 10.0 Å². The number of aryl methyl sites for hydroxylation is 1. The van der Waals surface area contributed by atoms with Crippen LogP contribution in [-0.4, -0.2) is 50.4 Å². The molecule has 0 atom stereocenters. The van der Waals surface area contributed by atoms with Crippen LogP contribution in [0.4, 0.5) is 0 Å². The molecular formula is C24H24N2O6S. The molecule has 0 fully saturated rings. The van der Waals surface area contributed by atoms with Crippen LogP contribution in [0.5, 0.6) is 0 Å². The van der Waals surface area contributed by atoms with Gasteiger partial charge in [-0.2, -0.15) is 4.31 Å². The van der Waals surface area contributed by atoms with Crippen LogP contribution in [0.25, 0.3) is 11.3 Å². The van der Waals surface area contributed by atoms with E-state index in [1.807, 2.05) is 37.3 Å². The number of aromatic nitrogens is 1. The largest absolute Gasteiger partial charge is 0.468 e. The maximum atomic E-state index is 13.4. The van der Waals surface area contributed by atoms with Gasteiger partial charge >= 0.3 is 11.9 Å². The Morgan fingerprint density at radius 2 is 1.58 bits per heavy atom. The normalized spacial score (nSPS) is 11.3. The van der Waals surface area contributed by atoms with Crippen molar-refractivity contribution in [1.82, 2.24) is 9.29 Å². The number of carbonyl (C=O) groups excluding carboxylic acids is 2. The number of nitrogens with zero attached hydrogens (tertiary/aromatic N) is 2. The molecule has 0 unspecified atom stereocenters. The first-order valence-corrected chi connectivity index (χ1v) is 11.5. The van der Waals surface area contributed by atoms with Crippen LogP contribution in [0.15, 0.2) is 71.6 Å². The van der Waals surface area contributed by atoms with Crippen LogP contribution in [0.3, 0.4) is 0 Å². The summed E-state index contributed by atoms with van der Waals surface area (Å²) in [6, 6.07) is 18.7. The molecular weight excluding hydrogens is 444 g/mol. The van der Waals surface area contributed by atoms with Crippen molar-refractivity contribution in [3.63, 3.8) is 0 Å². The van der Waals surface area contributed by atoms with Gasteiger partial charge in [-0.15, -0.1) is 0 Å². The first-order valence-electron chi connectivity index (χ1n) is 10.0. The fourth-order valence-electron chi connectivity index (χ4n) is 3.15. The van der Waals surface area contributed by atoms with E-state index in [-0.39, 0.29) is 22.7 Å². The lowest BCUT2D eigenvalue weighted by molar-refractivity contribution is -0.140. The van der Waals surface area contributed by atoms with Crippen molar-refractivity contribution < 1.29 is 27.5 Å². The van der Waals surface area contributed by atoms with E-state index in [4.69, 9.17) is 9.47 Å². The molecule has 0 saturated carbocycles. The monoisotopic (exact) mass is 468 g/mol. The molecule has 0 bridgehead atoms. The van der Waals surface area contributed by atoms with E-state index >= 15 is 0 Å². The molecule has 1 aromatic heterocycles. The van der Waals surface area contributed by atoms with Crippen LogP contribution in [0, 0.1) is 6.92 Å². The van der Waals surface area contributed by atoms with Crippen molar-refractivity contribution in [2.75, 3.05) is 20.8 Å². The Bertz CT molecular complexity index is 1240. The van der Waals surface area contributed by atoms with Crippen molar-refractivity contribution in [2.45, 2.75) is 18.4 Å². The average Bonchev–Trinajstić information content (AvgIpc) is 2.83. The minimum Gasteiger partial charge on any atom is -0.468 e. The predicted octanol–water partition coefficient (Wildman–Crippen LogP) is 3.21. The molecule has 0 saturated heterocycles. The van der Waals surface area contributed by atoms with Crippen LogP contribution in [0.1, 0.15) is 21.6 Å². The number of hydrogen-bond donors (Lipinski definition) is 0. The zero-order valence-corrected chi connectivity index (χ0v) is 19.3. The van der Waals surface area contributed by atoms with E-state index < -0.39 is 28.5 Å². The number of hydrogen-bond acceptors (Lipinski definition) is 7. The van der Waals surface area contributed by atoms with Gasteiger partial charge in [0.1, 0.15) is 6.54 Å². The van der Waals surface area contributed by atoms with Gasteiger partial charge in [0.15, 0.2) is 0 Å². The molecule has 8 nitrogen and oxygen atoms in total. The second-order valence-electron chi connectivity index (χ2n) is 7.21. The smallest absolute Gasteiger partial charge is 0.339 e. The molecule has 0 amide bonds. The van der Waals surface area contributed by atoms with Gasteiger partial charge in [0.05, 0.1) is 42.6 Å². The molecule has 2 aromatic carbocycles. The lowest BCUT2D eigenvalue weighted by atomic mass is 10.1. The minimum absolute atomic E-state index is 0.0100. The van der Waals surface area contributed by atoms with Crippen LogP contribution in [-0.2, 0) is 30.8 Å². The molecule has 0 N–H and O–H groups in total. The molecule has 0 radical (unpaired) electrons. The van der Waals surface area contributed by atoms with E-state index in [9.17, 15) is 18.0 Å². The minimum atomic E-state index is -4.11. The predicted molar refractivity (Wildman–Crippen MR) is 122 cm³/mol. The summed E-state index contributed by atoms with van der Waals surface area (Å²) in [7, 11) is -1.71. The first kappa shape index (κ1) is 24.1. The van der Waals surface area contributed by atoms with E-state index in [0.717, 1.165) is 15.4 Å². The molecule has 0 aliphatic heterocycles. The van der Waals surface area contributed by atoms with Gasteiger partial charge in [-0.05, 0) is 31.2 Å². The molecule has 3 rings (SSSR count). The van der Waals surface area contributed by atoms with Gasteiger partial charge in [0, 0.05) is 5.56 Å². The summed E-state index contributed by atoms with van der Waals surface area (Å²) >= 11 is 0. The number of pyridine rings is 1. The highest BCUT2D eigenvalue weighted by molar-refractivity contribution is 7.89. The lowest BCUT2D eigenvalue weighted by Crippen LogP contribution is -2.36. The standard InChI is InChI=1S/C24H24N2O6S/c1-17-9-11-19(12-10-17)33(29,30)26(16-23(27)31-2)15-22-20(24(28)32-3)13-14-21(25-22)18-7-5-4-6-8-18/h4-14H,15-16H2,1-3H3. The Hall–Kier alpha value is -3.56. The quantitative estimate of drug-likeness (QED) is 0.468. The van der Waals surface area contributed by atoms with E-state index in [1.54, 1.807) is 18.2 Å². The first-order chi connectivity index (χ1) is 15.8. The molecule has 0 spiro atoms. The molecule has 33 heavy (non-hydrogen) atoms. The van der Waals surface area contributed by atoms with E-state index in [1.165, 1.54) is 32.4 Å². The maximum absolute atomic E-state index is 13.4. The molecule has 0 aliphatic carbocycles. The highest BCUT2D eigenvalue weighted by Gasteiger charge is 2.29. The van der Waals surface area contributed by atoms with Gasteiger partial charge in [0.25, 0.3) is 0 Å². The molecule has 0 aliphatic rings.